The SMILES string of the molecule is CC(C(=O)NCCOCC1CC1)N1CCNCC1. The van der Waals surface area contributed by atoms with Crippen LogP contribution in [0.25, 0.3) is 0 Å². The minimum absolute atomic E-state index is 0.0319. The Hall–Kier alpha value is -0.650. The Balaban J connectivity index is 1.54. The monoisotopic (exact) mass is 255 g/mol. The van der Waals surface area contributed by atoms with Crippen LogP contribution in [0.15, 0.2) is 0 Å². The minimum atomic E-state index is -0.0319. The zero-order valence-corrected chi connectivity index (χ0v) is 11.3. The quantitative estimate of drug-likeness (QED) is 0.620. The predicted octanol–water partition coefficient (Wildman–Crippen LogP) is -0.177. The smallest absolute Gasteiger partial charge is 0.237 e. The molecule has 0 bridgehead atoms. The molecule has 2 N–H and O–H groups in total. The fourth-order valence-electron chi connectivity index (χ4n) is 2.16. The van der Waals surface area contributed by atoms with E-state index >= 15 is 0 Å². The molecule has 0 aromatic carbocycles. The zero-order chi connectivity index (χ0) is 12.8. The molecule has 104 valence electrons. The van der Waals surface area contributed by atoms with Gasteiger partial charge in [-0.25, -0.2) is 0 Å². The molecule has 5 heteroatoms. The van der Waals surface area contributed by atoms with Crippen LogP contribution in [0.3, 0.4) is 0 Å². The normalized spacial score (nSPS) is 22.7. The van der Waals surface area contributed by atoms with Gasteiger partial charge in [-0.05, 0) is 25.7 Å². The maximum absolute atomic E-state index is 11.9. The van der Waals surface area contributed by atoms with Crippen molar-refractivity contribution in [3.63, 3.8) is 0 Å². The Bertz CT molecular complexity index is 263. The molecule has 1 atom stereocenters. The van der Waals surface area contributed by atoms with E-state index in [1.807, 2.05) is 6.92 Å². The first-order valence-corrected chi connectivity index (χ1v) is 7.07. The lowest BCUT2D eigenvalue weighted by molar-refractivity contribution is -0.126. The third kappa shape index (κ3) is 4.55. The first-order chi connectivity index (χ1) is 8.77. The van der Waals surface area contributed by atoms with E-state index in [9.17, 15) is 4.79 Å². The molecule has 0 spiro atoms. The molecule has 1 saturated heterocycles. The Labute approximate surface area is 109 Å². The molecule has 1 heterocycles. The molecule has 1 aliphatic carbocycles. The van der Waals surface area contributed by atoms with Gasteiger partial charge in [-0.1, -0.05) is 0 Å². The minimum Gasteiger partial charge on any atom is -0.379 e. The highest BCUT2D eigenvalue weighted by Gasteiger charge is 2.23. The van der Waals surface area contributed by atoms with E-state index in [4.69, 9.17) is 4.74 Å². The van der Waals surface area contributed by atoms with E-state index in [1.54, 1.807) is 0 Å². The summed E-state index contributed by atoms with van der Waals surface area (Å²) in [5.74, 6) is 0.910. The first-order valence-electron chi connectivity index (χ1n) is 7.07. The van der Waals surface area contributed by atoms with Gasteiger partial charge in [-0.2, -0.15) is 0 Å². The predicted molar refractivity (Wildman–Crippen MR) is 70.5 cm³/mol. The third-order valence-electron chi connectivity index (χ3n) is 3.67. The highest BCUT2D eigenvalue weighted by atomic mass is 16.5. The number of amides is 1. The van der Waals surface area contributed by atoms with Crippen LogP contribution in [0.1, 0.15) is 19.8 Å². The van der Waals surface area contributed by atoms with Crippen molar-refractivity contribution in [3.05, 3.63) is 0 Å². The van der Waals surface area contributed by atoms with Crippen molar-refractivity contribution in [2.45, 2.75) is 25.8 Å². The molecule has 2 aliphatic rings. The molecular formula is C13H25N3O2. The van der Waals surface area contributed by atoms with Crippen molar-refractivity contribution in [2.24, 2.45) is 5.92 Å². The van der Waals surface area contributed by atoms with Gasteiger partial charge in [-0.3, -0.25) is 9.69 Å². The van der Waals surface area contributed by atoms with E-state index in [0.717, 1.165) is 38.7 Å². The second-order valence-electron chi connectivity index (χ2n) is 5.27. The van der Waals surface area contributed by atoms with Crippen molar-refractivity contribution >= 4 is 5.91 Å². The lowest BCUT2D eigenvalue weighted by Crippen LogP contribution is -2.53. The highest BCUT2D eigenvalue weighted by Crippen LogP contribution is 2.28. The van der Waals surface area contributed by atoms with Crippen molar-refractivity contribution in [3.8, 4) is 0 Å². The van der Waals surface area contributed by atoms with Crippen molar-refractivity contribution in [2.75, 3.05) is 45.9 Å². The summed E-state index contributed by atoms with van der Waals surface area (Å²) in [4.78, 5) is 14.1. The topological polar surface area (TPSA) is 53.6 Å². The second kappa shape index (κ2) is 7.07. The standard InChI is InChI=1S/C13H25N3O2/c1-11(16-7-4-14-5-8-16)13(17)15-6-9-18-10-12-2-3-12/h11-12,14H,2-10H2,1H3,(H,15,17). The molecule has 5 nitrogen and oxygen atoms in total. The molecule has 0 aromatic heterocycles. The molecule has 1 unspecified atom stereocenters. The average molecular weight is 255 g/mol. The average Bonchev–Trinajstić information content (AvgIpc) is 3.22. The fraction of sp³-hybridized carbons (Fsp3) is 0.923. The van der Waals surface area contributed by atoms with Gasteiger partial charge in [0.05, 0.1) is 12.6 Å². The summed E-state index contributed by atoms with van der Waals surface area (Å²) in [7, 11) is 0. The summed E-state index contributed by atoms with van der Waals surface area (Å²) in [5.41, 5.74) is 0. The largest absolute Gasteiger partial charge is 0.379 e. The molecule has 1 aliphatic heterocycles. The highest BCUT2D eigenvalue weighted by molar-refractivity contribution is 5.81. The number of nitrogens with one attached hydrogen (secondary N) is 2. The van der Waals surface area contributed by atoms with Crippen molar-refractivity contribution < 1.29 is 9.53 Å². The number of nitrogens with zero attached hydrogens (tertiary/aromatic N) is 1. The lowest BCUT2D eigenvalue weighted by Gasteiger charge is -2.31. The van der Waals surface area contributed by atoms with Crippen LogP contribution >= 0.6 is 0 Å². The number of carbonyl (C=O) groups excluding carboxylic acids is 1. The van der Waals surface area contributed by atoms with E-state index < -0.39 is 0 Å². The Morgan fingerprint density at radius 3 is 2.83 bits per heavy atom. The number of carbonyl (C=O) groups is 1. The number of piperazine rings is 1. The lowest BCUT2D eigenvalue weighted by atomic mass is 10.2. The Kier molecular flexibility index (Phi) is 5.41. The Morgan fingerprint density at radius 2 is 2.17 bits per heavy atom. The molecular weight excluding hydrogens is 230 g/mol. The molecule has 0 radical (unpaired) electrons. The van der Waals surface area contributed by atoms with Crippen molar-refractivity contribution in [1.29, 1.82) is 0 Å². The van der Waals surface area contributed by atoms with Gasteiger partial charge < -0.3 is 15.4 Å². The maximum atomic E-state index is 11.9. The van der Waals surface area contributed by atoms with Crippen LogP contribution in [0.5, 0.6) is 0 Å². The molecule has 1 saturated carbocycles. The van der Waals surface area contributed by atoms with Crippen LogP contribution in [0.2, 0.25) is 0 Å². The van der Waals surface area contributed by atoms with E-state index in [2.05, 4.69) is 15.5 Å². The van der Waals surface area contributed by atoms with Crippen LogP contribution in [0, 0.1) is 5.92 Å². The van der Waals surface area contributed by atoms with E-state index in [1.165, 1.54) is 12.8 Å². The van der Waals surface area contributed by atoms with Gasteiger partial charge in [0.15, 0.2) is 0 Å². The molecule has 0 aromatic rings. The van der Waals surface area contributed by atoms with Gasteiger partial charge in [0.1, 0.15) is 0 Å². The van der Waals surface area contributed by atoms with Gasteiger partial charge in [0.2, 0.25) is 5.91 Å². The number of hydrogen-bond acceptors (Lipinski definition) is 4. The first kappa shape index (κ1) is 13.8. The van der Waals surface area contributed by atoms with Gasteiger partial charge in [-0.15, -0.1) is 0 Å². The maximum Gasteiger partial charge on any atom is 0.237 e. The summed E-state index contributed by atoms with van der Waals surface area (Å²) in [6.07, 6.45) is 2.62. The molecule has 2 fully saturated rings. The summed E-state index contributed by atoms with van der Waals surface area (Å²) in [5, 5.41) is 6.24. The molecule has 1 amide bonds. The molecule has 18 heavy (non-hydrogen) atoms. The van der Waals surface area contributed by atoms with Gasteiger partial charge >= 0.3 is 0 Å². The van der Waals surface area contributed by atoms with Gasteiger partial charge in [0, 0.05) is 39.3 Å². The molecule has 2 rings (SSSR count). The van der Waals surface area contributed by atoms with E-state index in [0.29, 0.717) is 13.2 Å². The summed E-state index contributed by atoms with van der Waals surface area (Å²) in [6, 6.07) is -0.0319. The van der Waals surface area contributed by atoms with Gasteiger partial charge in [0.25, 0.3) is 0 Å². The zero-order valence-electron chi connectivity index (χ0n) is 11.3. The van der Waals surface area contributed by atoms with E-state index in [-0.39, 0.29) is 11.9 Å². The van der Waals surface area contributed by atoms with Crippen LogP contribution in [-0.2, 0) is 9.53 Å². The van der Waals surface area contributed by atoms with Crippen LogP contribution in [-0.4, -0.2) is 62.8 Å². The fourth-order valence-corrected chi connectivity index (χ4v) is 2.16. The van der Waals surface area contributed by atoms with Crippen molar-refractivity contribution in [1.82, 2.24) is 15.5 Å². The number of ether oxygens (including phenoxy) is 1. The third-order valence-corrected chi connectivity index (χ3v) is 3.67. The summed E-state index contributed by atoms with van der Waals surface area (Å²) < 4.78 is 5.49. The van der Waals surface area contributed by atoms with Crippen LogP contribution in [0.4, 0.5) is 0 Å². The second-order valence-corrected chi connectivity index (χ2v) is 5.27. The number of rotatable bonds is 7. The number of hydrogen-bond donors (Lipinski definition) is 2. The Morgan fingerprint density at radius 1 is 1.44 bits per heavy atom. The summed E-state index contributed by atoms with van der Waals surface area (Å²) >= 11 is 0. The summed E-state index contributed by atoms with van der Waals surface area (Å²) in [6.45, 7) is 7.96. The van der Waals surface area contributed by atoms with Crippen LogP contribution < -0.4 is 10.6 Å².